The van der Waals surface area contributed by atoms with Gasteiger partial charge in [-0.25, -0.2) is 4.98 Å². The number of pyridine rings is 2. The van der Waals surface area contributed by atoms with E-state index in [2.05, 4.69) is 16.0 Å². The van der Waals surface area contributed by atoms with E-state index in [0.717, 1.165) is 37.4 Å². The molecule has 0 saturated carbocycles. The minimum absolute atomic E-state index is 0.0959. The molecule has 0 aliphatic carbocycles. The van der Waals surface area contributed by atoms with Gasteiger partial charge in [0.1, 0.15) is 5.65 Å². The van der Waals surface area contributed by atoms with Crippen LogP contribution in [-0.4, -0.2) is 31.9 Å². The van der Waals surface area contributed by atoms with Crippen LogP contribution in [0.3, 0.4) is 0 Å². The Labute approximate surface area is 160 Å². The number of nitrogens with zero attached hydrogens (tertiary/aromatic N) is 4. The fourth-order valence-electron chi connectivity index (χ4n) is 4.56. The van der Waals surface area contributed by atoms with Crippen molar-refractivity contribution in [2.45, 2.75) is 25.4 Å². The summed E-state index contributed by atoms with van der Waals surface area (Å²) in [6.07, 6.45) is 2.71. The quantitative estimate of drug-likeness (QED) is 0.681. The molecule has 0 aromatic carbocycles. The molecule has 2 aliphatic rings. The topological polar surface area (TPSA) is 59.6 Å². The van der Waals surface area contributed by atoms with Crippen LogP contribution in [0.1, 0.15) is 23.7 Å². The van der Waals surface area contributed by atoms with Crippen molar-refractivity contribution in [1.82, 2.24) is 18.9 Å². The van der Waals surface area contributed by atoms with Crippen LogP contribution in [0, 0.1) is 5.92 Å². The minimum atomic E-state index is -0.119. The van der Waals surface area contributed by atoms with Gasteiger partial charge in [0.2, 0.25) is 0 Å². The first-order valence-corrected chi connectivity index (χ1v) is 9.54. The highest BCUT2D eigenvalue weighted by molar-refractivity contribution is 6.30. The minimum Gasteiger partial charge on any atom is -0.312 e. The van der Waals surface area contributed by atoms with Crippen LogP contribution in [0.15, 0.2) is 52.2 Å². The highest BCUT2D eigenvalue weighted by atomic mass is 35.5. The van der Waals surface area contributed by atoms with Crippen LogP contribution in [-0.2, 0) is 13.1 Å². The second-order valence-electron chi connectivity index (χ2n) is 7.55. The first-order chi connectivity index (χ1) is 13.1. The van der Waals surface area contributed by atoms with E-state index < -0.39 is 0 Å². The maximum atomic E-state index is 12.4. The van der Waals surface area contributed by atoms with Crippen molar-refractivity contribution in [3.05, 3.63) is 79.7 Å². The summed E-state index contributed by atoms with van der Waals surface area (Å²) >= 11 is 5.97. The van der Waals surface area contributed by atoms with Gasteiger partial charge in [0.25, 0.3) is 11.1 Å². The normalized spacial score (nSPS) is 22.0. The van der Waals surface area contributed by atoms with Crippen LogP contribution >= 0.6 is 11.6 Å². The molecule has 6 nitrogen and oxygen atoms in total. The fraction of sp³-hybridized carbons (Fsp3) is 0.350. The fourth-order valence-corrected chi connectivity index (χ4v) is 4.72. The van der Waals surface area contributed by atoms with Gasteiger partial charge in [-0.1, -0.05) is 17.7 Å². The maximum absolute atomic E-state index is 12.4. The summed E-state index contributed by atoms with van der Waals surface area (Å²) in [5.74, 6) is 0.809. The number of rotatable bonds is 2. The van der Waals surface area contributed by atoms with Crippen molar-refractivity contribution >= 4 is 17.2 Å². The number of aromatic nitrogens is 3. The number of likely N-dealkylation sites (tertiary alicyclic amines) is 1. The van der Waals surface area contributed by atoms with E-state index >= 15 is 0 Å². The Hall–Kier alpha value is -2.44. The van der Waals surface area contributed by atoms with Crippen molar-refractivity contribution in [1.29, 1.82) is 0 Å². The van der Waals surface area contributed by atoms with Crippen molar-refractivity contribution in [2.75, 3.05) is 13.1 Å². The molecule has 27 heavy (non-hydrogen) atoms. The predicted octanol–water partition coefficient (Wildman–Crippen LogP) is 2.13. The predicted molar refractivity (Wildman–Crippen MR) is 103 cm³/mol. The molecule has 7 heteroatoms. The summed E-state index contributed by atoms with van der Waals surface area (Å²) in [7, 11) is 0. The summed E-state index contributed by atoms with van der Waals surface area (Å²) in [5, 5.41) is 0.511. The molecule has 3 aromatic rings. The zero-order valence-electron chi connectivity index (χ0n) is 14.7. The average molecular weight is 383 g/mol. The second-order valence-corrected chi connectivity index (χ2v) is 7.99. The molecular formula is C20H19ClN4O2. The zero-order valence-corrected chi connectivity index (χ0v) is 15.5. The SMILES string of the molecule is O=c1cccc2n1C[C@H]1C[C@@H]2CN(Cc2cc(=O)n3cc(Cl)ccc3n2)C1. The van der Waals surface area contributed by atoms with E-state index in [1.54, 1.807) is 30.5 Å². The summed E-state index contributed by atoms with van der Waals surface area (Å²) in [4.78, 5) is 31.5. The molecule has 138 valence electrons. The van der Waals surface area contributed by atoms with Crippen LogP contribution < -0.4 is 11.1 Å². The number of hydrogen-bond donors (Lipinski definition) is 0. The van der Waals surface area contributed by atoms with Gasteiger partial charge in [-0.05, 0) is 30.5 Å². The molecule has 0 spiro atoms. The molecule has 2 bridgehead atoms. The molecular weight excluding hydrogens is 364 g/mol. The highest BCUT2D eigenvalue weighted by Gasteiger charge is 2.34. The van der Waals surface area contributed by atoms with Gasteiger partial charge in [-0.3, -0.25) is 18.9 Å². The summed E-state index contributed by atoms with van der Waals surface area (Å²) < 4.78 is 3.40. The molecule has 5 rings (SSSR count). The number of halogens is 1. The Balaban J connectivity index is 1.43. The molecule has 0 amide bonds. The smallest absolute Gasteiger partial charge is 0.258 e. The van der Waals surface area contributed by atoms with E-state index in [1.807, 2.05) is 10.6 Å². The van der Waals surface area contributed by atoms with Crippen molar-refractivity contribution in [3.63, 3.8) is 0 Å². The lowest BCUT2D eigenvalue weighted by Gasteiger charge is -2.42. The van der Waals surface area contributed by atoms with Gasteiger partial charge < -0.3 is 4.57 Å². The molecule has 0 N–H and O–H groups in total. The Kier molecular flexibility index (Phi) is 3.91. The average Bonchev–Trinajstić information content (AvgIpc) is 2.63. The first kappa shape index (κ1) is 16.7. The van der Waals surface area contributed by atoms with Gasteiger partial charge in [0, 0.05) is 56.1 Å². The van der Waals surface area contributed by atoms with Gasteiger partial charge in [0.05, 0.1) is 10.7 Å². The van der Waals surface area contributed by atoms with Gasteiger partial charge in [0.15, 0.2) is 0 Å². The number of hydrogen-bond acceptors (Lipinski definition) is 4. The third kappa shape index (κ3) is 2.99. The van der Waals surface area contributed by atoms with E-state index in [1.165, 1.54) is 4.40 Å². The number of fused-ring (bicyclic) bond motifs is 5. The monoisotopic (exact) mass is 382 g/mol. The Morgan fingerprint density at radius 3 is 2.85 bits per heavy atom. The van der Waals surface area contributed by atoms with E-state index in [0.29, 0.717) is 29.1 Å². The molecule has 1 saturated heterocycles. The molecule has 0 radical (unpaired) electrons. The molecule has 0 unspecified atom stereocenters. The van der Waals surface area contributed by atoms with Crippen molar-refractivity contribution in [3.8, 4) is 0 Å². The van der Waals surface area contributed by atoms with Crippen molar-refractivity contribution in [2.24, 2.45) is 5.92 Å². The molecule has 3 aromatic heterocycles. The second kappa shape index (κ2) is 6.32. The lowest BCUT2D eigenvalue weighted by molar-refractivity contribution is 0.113. The molecule has 5 heterocycles. The summed E-state index contributed by atoms with van der Waals surface area (Å²) in [6.45, 7) is 3.20. The molecule has 2 aliphatic heterocycles. The number of piperidine rings is 1. The Morgan fingerprint density at radius 1 is 1.07 bits per heavy atom. The lowest BCUT2D eigenvalue weighted by atomic mass is 9.83. The lowest BCUT2D eigenvalue weighted by Crippen LogP contribution is -2.46. The maximum Gasteiger partial charge on any atom is 0.258 e. The van der Waals surface area contributed by atoms with Crippen LogP contribution in [0.2, 0.25) is 5.02 Å². The van der Waals surface area contributed by atoms with Crippen LogP contribution in [0.25, 0.3) is 5.65 Å². The third-order valence-electron chi connectivity index (χ3n) is 5.62. The van der Waals surface area contributed by atoms with Crippen LogP contribution in [0.4, 0.5) is 0 Å². The Bertz CT molecular complexity index is 1150. The van der Waals surface area contributed by atoms with E-state index in [9.17, 15) is 9.59 Å². The third-order valence-corrected chi connectivity index (χ3v) is 5.84. The largest absolute Gasteiger partial charge is 0.312 e. The first-order valence-electron chi connectivity index (χ1n) is 9.17. The van der Waals surface area contributed by atoms with Gasteiger partial charge in [-0.15, -0.1) is 0 Å². The van der Waals surface area contributed by atoms with E-state index in [-0.39, 0.29) is 11.1 Å². The summed E-state index contributed by atoms with van der Waals surface area (Å²) in [5.41, 5.74) is 2.48. The highest BCUT2D eigenvalue weighted by Crippen LogP contribution is 2.35. The Morgan fingerprint density at radius 2 is 1.96 bits per heavy atom. The standard InChI is InChI=1S/C20H19ClN4O2/c21-15-4-5-18-22-16(7-20(27)25(18)11-15)12-23-8-13-6-14(10-23)17-2-1-3-19(26)24(17)9-13/h1-5,7,11,13-14H,6,8-10,12H2/t13-,14+/m0/s1. The summed E-state index contributed by atoms with van der Waals surface area (Å²) in [6, 6.07) is 10.7. The van der Waals surface area contributed by atoms with E-state index in [4.69, 9.17) is 11.6 Å². The van der Waals surface area contributed by atoms with Crippen molar-refractivity contribution < 1.29 is 0 Å². The zero-order chi connectivity index (χ0) is 18.5. The van der Waals surface area contributed by atoms with Gasteiger partial charge in [-0.2, -0.15) is 0 Å². The molecule has 1 fully saturated rings. The van der Waals surface area contributed by atoms with Gasteiger partial charge >= 0.3 is 0 Å². The van der Waals surface area contributed by atoms with Crippen LogP contribution in [0.5, 0.6) is 0 Å². The molecule has 2 atom stereocenters.